The van der Waals surface area contributed by atoms with E-state index in [1.807, 2.05) is 50.2 Å². The second-order valence-electron chi connectivity index (χ2n) is 8.16. The number of ether oxygens (including phenoxy) is 2. The fourth-order valence-corrected chi connectivity index (χ4v) is 4.34. The first-order valence-electron chi connectivity index (χ1n) is 11.8. The minimum atomic E-state index is -0.250. The van der Waals surface area contributed by atoms with E-state index in [2.05, 4.69) is 16.7 Å². The third kappa shape index (κ3) is 5.22. The maximum atomic E-state index is 13.3. The van der Waals surface area contributed by atoms with Gasteiger partial charge < -0.3 is 20.1 Å². The molecule has 1 unspecified atom stereocenters. The number of aryl methyl sites for hydroxylation is 1. The molecule has 3 aromatic rings. The van der Waals surface area contributed by atoms with Crippen molar-refractivity contribution in [3.63, 3.8) is 0 Å². The zero-order valence-electron chi connectivity index (χ0n) is 19.6. The van der Waals surface area contributed by atoms with Gasteiger partial charge in [-0.05, 0) is 56.4 Å². The van der Waals surface area contributed by atoms with Crippen molar-refractivity contribution in [3.8, 4) is 11.5 Å². The van der Waals surface area contributed by atoms with Crippen LogP contribution in [0.4, 0.5) is 11.4 Å². The van der Waals surface area contributed by atoms with Crippen LogP contribution in [0.2, 0.25) is 0 Å². The molecule has 3 aromatic carbocycles. The molecular weight excluding hydrogens is 428 g/mol. The van der Waals surface area contributed by atoms with Crippen molar-refractivity contribution in [1.29, 1.82) is 0 Å². The smallest absolute Gasteiger partial charge is 0.255 e. The van der Waals surface area contributed by atoms with Gasteiger partial charge in [0.15, 0.2) is 0 Å². The van der Waals surface area contributed by atoms with Crippen LogP contribution in [0.15, 0.2) is 66.7 Å². The second kappa shape index (κ2) is 10.9. The molecule has 0 saturated carbocycles. The predicted molar refractivity (Wildman–Crippen MR) is 134 cm³/mol. The van der Waals surface area contributed by atoms with E-state index in [0.717, 1.165) is 24.8 Å². The van der Waals surface area contributed by atoms with Crippen molar-refractivity contribution in [2.45, 2.75) is 39.0 Å². The molecule has 4 rings (SSSR count). The lowest BCUT2D eigenvalue weighted by Gasteiger charge is -2.25. The van der Waals surface area contributed by atoms with E-state index in [9.17, 15) is 9.59 Å². The monoisotopic (exact) mass is 458 g/mol. The topological polar surface area (TPSA) is 76.7 Å². The third-order valence-corrected chi connectivity index (χ3v) is 5.91. The van der Waals surface area contributed by atoms with Crippen LogP contribution in [0.5, 0.6) is 11.5 Å². The molecular formula is C28H30N2O4. The highest BCUT2D eigenvalue weighted by molar-refractivity contribution is 6.06. The number of carbonyl (C=O) groups excluding carboxylic acids is 2. The van der Waals surface area contributed by atoms with Gasteiger partial charge in [0.2, 0.25) is 5.91 Å². The molecule has 1 atom stereocenters. The second-order valence-corrected chi connectivity index (χ2v) is 8.16. The average molecular weight is 459 g/mol. The summed E-state index contributed by atoms with van der Waals surface area (Å²) in [5.74, 6) is 0.407. The molecule has 34 heavy (non-hydrogen) atoms. The van der Waals surface area contributed by atoms with Crippen LogP contribution in [-0.4, -0.2) is 25.0 Å². The molecule has 0 heterocycles. The molecule has 176 valence electrons. The van der Waals surface area contributed by atoms with Crippen molar-refractivity contribution in [3.05, 3.63) is 83.4 Å². The van der Waals surface area contributed by atoms with E-state index in [0.29, 0.717) is 41.7 Å². The van der Waals surface area contributed by atoms with E-state index in [1.165, 1.54) is 5.56 Å². The molecule has 1 aliphatic rings. The summed E-state index contributed by atoms with van der Waals surface area (Å²) < 4.78 is 11.6. The number of anilines is 2. The Balaban J connectivity index is 1.63. The maximum Gasteiger partial charge on any atom is 0.255 e. The summed E-state index contributed by atoms with van der Waals surface area (Å²) in [6.45, 7) is 4.57. The summed E-state index contributed by atoms with van der Waals surface area (Å²) in [6, 6.07) is 20.5. The van der Waals surface area contributed by atoms with Crippen molar-refractivity contribution in [2.24, 2.45) is 0 Å². The molecule has 0 saturated heterocycles. The van der Waals surface area contributed by atoms with Crippen molar-refractivity contribution in [2.75, 3.05) is 23.8 Å². The molecule has 6 heteroatoms. The summed E-state index contributed by atoms with van der Waals surface area (Å²) in [7, 11) is 0. The molecule has 0 spiro atoms. The summed E-state index contributed by atoms with van der Waals surface area (Å²) in [4.78, 5) is 26.1. The number of hydrogen-bond donors (Lipinski definition) is 2. The molecule has 0 fully saturated rings. The molecule has 0 aliphatic heterocycles. The molecule has 2 N–H and O–H groups in total. The zero-order valence-corrected chi connectivity index (χ0v) is 19.6. The number of rotatable bonds is 8. The molecule has 0 radical (unpaired) electrons. The van der Waals surface area contributed by atoms with Gasteiger partial charge in [-0.25, -0.2) is 0 Å². The summed E-state index contributed by atoms with van der Waals surface area (Å²) in [6.07, 6.45) is 2.77. The highest BCUT2D eigenvalue weighted by Gasteiger charge is 2.27. The Kier molecular flexibility index (Phi) is 7.48. The van der Waals surface area contributed by atoms with E-state index >= 15 is 0 Å². The van der Waals surface area contributed by atoms with Crippen LogP contribution >= 0.6 is 0 Å². The van der Waals surface area contributed by atoms with Crippen LogP contribution in [0.1, 0.15) is 54.1 Å². The van der Waals surface area contributed by atoms with Gasteiger partial charge in [-0.1, -0.05) is 42.5 Å². The predicted octanol–water partition coefficient (Wildman–Crippen LogP) is 5.79. The number of hydrogen-bond acceptors (Lipinski definition) is 4. The summed E-state index contributed by atoms with van der Waals surface area (Å²) in [5.41, 5.74) is 3.86. The van der Waals surface area contributed by atoms with E-state index in [1.54, 1.807) is 24.3 Å². The summed E-state index contributed by atoms with van der Waals surface area (Å²) in [5, 5.41) is 5.97. The average Bonchev–Trinajstić information content (AvgIpc) is 2.86. The summed E-state index contributed by atoms with van der Waals surface area (Å²) >= 11 is 0. The Bertz CT molecular complexity index is 1160. The number of amides is 2. The van der Waals surface area contributed by atoms with Crippen molar-refractivity contribution >= 4 is 23.2 Å². The molecule has 2 amide bonds. The van der Waals surface area contributed by atoms with Crippen LogP contribution in [0.3, 0.4) is 0 Å². The first-order chi connectivity index (χ1) is 16.6. The van der Waals surface area contributed by atoms with Gasteiger partial charge in [-0.2, -0.15) is 0 Å². The molecule has 1 aliphatic carbocycles. The van der Waals surface area contributed by atoms with Crippen LogP contribution in [0, 0.1) is 0 Å². The van der Waals surface area contributed by atoms with E-state index in [-0.39, 0.29) is 17.7 Å². The standard InChI is InChI=1S/C28H30N2O4/c1-3-33-25-18-24(30-28(32)22-16-10-14-19-11-8-9-15-21(19)22)26(34-4-2)17-23(25)29-27(31)20-12-6-5-7-13-20/h5-9,11-13,15,17-18,22H,3-4,10,14,16H2,1-2H3,(H,29,31)(H,30,32). The Morgan fingerprint density at radius 2 is 1.47 bits per heavy atom. The minimum absolute atomic E-state index is 0.0726. The quantitative estimate of drug-likeness (QED) is 0.448. The Labute approximate surface area is 200 Å². The lowest BCUT2D eigenvalue weighted by atomic mass is 9.82. The van der Waals surface area contributed by atoms with Gasteiger partial charge in [-0.3, -0.25) is 9.59 Å². The minimum Gasteiger partial charge on any atom is -0.492 e. The van der Waals surface area contributed by atoms with Crippen molar-refractivity contribution < 1.29 is 19.1 Å². The first kappa shape index (κ1) is 23.4. The van der Waals surface area contributed by atoms with Gasteiger partial charge in [0.25, 0.3) is 5.91 Å². The van der Waals surface area contributed by atoms with Gasteiger partial charge in [0.05, 0.1) is 30.5 Å². The van der Waals surface area contributed by atoms with Crippen LogP contribution in [-0.2, 0) is 11.2 Å². The number of fused-ring (bicyclic) bond motifs is 1. The van der Waals surface area contributed by atoms with Crippen LogP contribution in [0.25, 0.3) is 0 Å². The highest BCUT2D eigenvalue weighted by atomic mass is 16.5. The maximum absolute atomic E-state index is 13.3. The Hall–Kier alpha value is -3.80. The largest absolute Gasteiger partial charge is 0.492 e. The van der Waals surface area contributed by atoms with Gasteiger partial charge in [0.1, 0.15) is 11.5 Å². The number of nitrogens with one attached hydrogen (secondary N) is 2. The first-order valence-corrected chi connectivity index (χ1v) is 11.8. The fourth-order valence-electron chi connectivity index (χ4n) is 4.34. The number of carbonyl (C=O) groups is 2. The van der Waals surface area contributed by atoms with Crippen LogP contribution < -0.4 is 20.1 Å². The highest BCUT2D eigenvalue weighted by Crippen LogP contribution is 2.39. The number of benzene rings is 3. The van der Waals surface area contributed by atoms with Gasteiger partial charge >= 0.3 is 0 Å². The van der Waals surface area contributed by atoms with Gasteiger partial charge in [0, 0.05) is 17.7 Å². The molecule has 0 aromatic heterocycles. The van der Waals surface area contributed by atoms with E-state index in [4.69, 9.17) is 9.47 Å². The van der Waals surface area contributed by atoms with E-state index < -0.39 is 0 Å². The zero-order chi connectivity index (χ0) is 23.9. The molecule has 6 nitrogen and oxygen atoms in total. The Morgan fingerprint density at radius 1 is 0.853 bits per heavy atom. The lowest BCUT2D eigenvalue weighted by molar-refractivity contribution is -0.117. The lowest BCUT2D eigenvalue weighted by Crippen LogP contribution is -2.25. The molecule has 0 bridgehead atoms. The fraction of sp³-hybridized carbons (Fsp3) is 0.286. The van der Waals surface area contributed by atoms with Gasteiger partial charge in [-0.15, -0.1) is 0 Å². The van der Waals surface area contributed by atoms with Crippen molar-refractivity contribution in [1.82, 2.24) is 0 Å². The normalized spacial score (nSPS) is 14.6. The Morgan fingerprint density at radius 3 is 2.15 bits per heavy atom. The third-order valence-electron chi connectivity index (χ3n) is 5.91. The SMILES string of the molecule is CCOc1cc(NC(=O)C2CCCc3ccccc32)c(OCC)cc1NC(=O)c1ccccc1.